The molecule has 2 aliphatic rings. The van der Waals surface area contributed by atoms with Gasteiger partial charge in [-0.25, -0.2) is 9.59 Å². The van der Waals surface area contributed by atoms with Crippen LogP contribution in [0.5, 0.6) is 5.75 Å². The summed E-state index contributed by atoms with van der Waals surface area (Å²) in [6.45, 7) is 6.01. The molecule has 0 bridgehead atoms. The van der Waals surface area contributed by atoms with E-state index in [1.54, 1.807) is 24.3 Å². The van der Waals surface area contributed by atoms with E-state index in [2.05, 4.69) is 10.3 Å². The molecule has 2 aliphatic heterocycles. The fraction of sp³-hybridized carbons (Fsp3) is 0.677. The summed E-state index contributed by atoms with van der Waals surface area (Å²) in [7, 11) is -0.809. The van der Waals surface area contributed by atoms with Crippen LogP contribution in [0.4, 0.5) is 9.59 Å². The number of amidine groups is 1. The highest BCUT2D eigenvalue weighted by molar-refractivity contribution is 7.25. The van der Waals surface area contributed by atoms with Crippen LogP contribution in [0, 0.1) is 5.92 Å². The van der Waals surface area contributed by atoms with Gasteiger partial charge in [-0.1, -0.05) is 12.1 Å². The maximum absolute atomic E-state index is 12.4. The molecule has 0 aromatic heterocycles. The summed E-state index contributed by atoms with van der Waals surface area (Å²) in [5.74, 6) is 0.673. The number of benzene rings is 1. The molecule has 17 heteroatoms. The van der Waals surface area contributed by atoms with Crippen molar-refractivity contribution in [3.8, 4) is 5.75 Å². The molecule has 48 heavy (non-hydrogen) atoms. The Morgan fingerprint density at radius 1 is 1.06 bits per heavy atom. The van der Waals surface area contributed by atoms with Gasteiger partial charge in [-0.3, -0.25) is 9.69 Å². The third kappa shape index (κ3) is 14.3. The van der Waals surface area contributed by atoms with E-state index in [0.29, 0.717) is 90.6 Å². The largest absolute Gasteiger partial charge is 0.494 e. The van der Waals surface area contributed by atoms with Crippen LogP contribution in [-0.4, -0.2) is 123 Å². The lowest BCUT2D eigenvalue weighted by atomic mass is 9.99. The summed E-state index contributed by atoms with van der Waals surface area (Å²) in [6, 6.07) is 6.55. The van der Waals surface area contributed by atoms with Gasteiger partial charge in [0.1, 0.15) is 36.2 Å². The predicted octanol–water partition coefficient (Wildman–Crippen LogP) is 1.89. The number of Topliss-reactive ketones (excluding diaryl/α,β-unsaturated/α-hetero) is 1. The number of rotatable bonds is 24. The van der Waals surface area contributed by atoms with Gasteiger partial charge in [0.2, 0.25) is 0 Å². The molecule has 16 nitrogen and oxygen atoms in total. The van der Waals surface area contributed by atoms with E-state index in [0.717, 1.165) is 5.56 Å². The molecule has 0 saturated carbocycles. The average molecular weight is 701 g/mol. The molecule has 1 aromatic carbocycles. The molecule has 5 atom stereocenters. The molecule has 0 aliphatic carbocycles. The number of carbonyl (C=O) groups excluding carboxylic acids is 3. The monoisotopic (exact) mass is 700 g/mol. The number of alkyl carbamates (subject to hydrolysis) is 1. The van der Waals surface area contributed by atoms with Crippen LogP contribution < -0.4 is 15.8 Å². The number of nitrogens with one attached hydrogen (secondary N) is 1. The second-order valence-corrected chi connectivity index (χ2v) is 11.5. The van der Waals surface area contributed by atoms with Crippen LogP contribution in [0.2, 0.25) is 0 Å². The van der Waals surface area contributed by atoms with E-state index in [9.17, 15) is 19.5 Å². The fourth-order valence-corrected chi connectivity index (χ4v) is 5.27. The quantitative estimate of drug-likeness (QED) is 0.0898. The van der Waals surface area contributed by atoms with Gasteiger partial charge >= 0.3 is 12.1 Å². The lowest BCUT2D eigenvalue weighted by Gasteiger charge is -2.35. The molecule has 5 N–H and O–H groups in total. The van der Waals surface area contributed by atoms with E-state index in [4.69, 9.17) is 43.6 Å². The van der Waals surface area contributed by atoms with E-state index < -0.39 is 39.6 Å². The maximum atomic E-state index is 12.4. The first-order chi connectivity index (χ1) is 23.3. The van der Waals surface area contributed by atoms with Gasteiger partial charge in [0.25, 0.3) is 0 Å². The number of aliphatic hydroxyl groups is 1. The molecule has 2 heterocycles. The van der Waals surface area contributed by atoms with Gasteiger partial charge in [0, 0.05) is 38.5 Å². The van der Waals surface area contributed by atoms with Gasteiger partial charge in [-0.05, 0) is 43.9 Å². The second kappa shape index (κ2) is 22.6. The molecule has 1 aromatic rings. The normalized spacial score (nSPS) is 21.1. The number of nitrogens with two attached hydrogens (primary N) is 1. The third-order valence-corrected chi connectivity index (χ3v) is 7.96. The summed E-state index contributed by atoms with van der Waals surface area (Å²) < 4.78 is 37.5. The Morgan fingerprint density at radius 2 is 1.79 bits per heavy atom. The Labute approximate surface area is 282 Å². The fourth-order valence-electron chi connectivity index (χ4n) is 4.92. The maximum Gasteiger partial charge on any atom is 0.407 e. The highest BCUT2D eigenvalue weighted by Gasteiger charge is 2.44. The molecule has 3 rings (SSSR count). The number of ether oxygens (including phenoxy) is 6. The zero-order valence-electron chi connectivity index (χ0n) is 27.4. The van der Waals surface area contributed by atoms with Crippen molar-refractivity contribution in [3.05, 3.63) is 29.8 Å². The Hall–Kier alpha value is -2.95. The van der Waals surface area contributed by atoms with Crippen molar-refractivity contribution in [2.45, 2.75) is 64.1 Å². The van der Waals surface area contributed by atoms with Crippen molar-refractivity contribution in [1.29, 1.82) is 0 Å². The van der Waals surface area contributed by atoms with E-state index in [-0.39, 0.29) is 37.3 Å². The van der Waals surface area contributed by atoms with Crippen LogP contribution in [0.1, 0.15) is 44.6 Å². The smallest absolute Gasteiger partial charge is 0.407 e. The van der Waals surface area contributed by atoms with Gasteiger partial charge < -0.3 is 54.0 Å². The first-order valence-corrected chi connectivity index (χ1v) is 17.0. The van der Waals surface area contributed by atoms with Crippen molar-refractivity contribution >= 4 is 32.8 Å². The van der Waals surface area contributed by atoms with Crippen LogP contribution in [0.15, 0.2) is 29.3 Å². The van der Waals surface area contributed by atoms with Crippen molar-refractivity contribution in [1.82, 2.24) is 10.2 Å². The number of aliphatic hydroxyl groups excluding tert-OH is 1. The molecule has 1 saturated heterocycles. The second-order valence-electron chi connectivity index (χ2n) is 11.1. The number of ketones is 1. The highest BCUT2D eigenvalue weighted by atomic mass is 31.1. The highest BCUT2D eigenvalue weighted by Crippen LogP contribution is 2.28. The van der Waals surface area contributed by atoms with E-state index >= 15 is 0 Å². The summed E-state index contributed by atoms with van der Waals surface area (Å²) in [6.07, 6.45) is -0.960. The van der Waals surface area contributed by atoms with Crippen molar-refractivity contribution in [2.75, 3.05) is 65.9 Å². The summed E-state index contributed by atoms with van der Waals surface area (Å²) >= 11 is 0. The summed E-state index contributed by atoms with van der Waals surface area (Å²) in [5, 5.41) is 13.1. The standard InChI is InChI=1S/C31H49N4O12P/c1-2-41-15-16-43-18-17-42-14-11-24(36)6-4-13-44-25-9-7-22(8-10-25)20-46-31(39)33-12-3-5-23-19-35(30(38)34-28(23)32)29-27(37)26(21-45-29)47-48-40/h7-10,23,26-27,29,37,40,48H,2-6,11-21H2,1H3,(H,33,39)(H2,32,34,38)/t23?,26?,27-,29+/m0/s1. The van der Waals surface area contributed by atoms with Crippen LogP contribution >= 0.6 is 9.03 Å². The molecular formula is C31H49N4O12P. The lowest BCUT2D eigenvalue weighted by Crippen LogP contribution is -2.53. The molecule has 1 fully saturated rings. The first-order valence-electron chi connectivity index (χ1n) is 16.2. The van der Waals surface area contributed by atoms with E-state index in [1.165, 1.54) is 4.90 Å². The number of nitrogens with zero attached hydrogens (tertiary/aromatic N) is 2. The number of hydrogen-bond acceptors (Lipinski definition) is 13. The predicted molar refractivity (Wildman–Crippen MR) is 175 cm³/mol. The van der Waals surface area contributed by atoms with Gasteiger partial charge in [0.05, 0.1) is 46.2 Å². The van der Waals surface area contributed by atoms with Crippen LogP contribution in [-0.2, 0) is 39.6 Å². The Balaban J connectivity index is 1.22. The zero-order chi connectivity index (χ0) is 34.6. The molecular weight excluding hydrogens is 651 g/mol. The Morgan fingerprint density at radius 3 is 2.52 bits per heavy atom. The van der Waals surface area contributed by atoms with Crippen molar-refractivity contribution in [2.24, 2.45) is 16.6 Å². The lowest BCUT2D eigenvalue weighted by molar-refractivity contribution is -0.120. The minimum atomic E-state index is -1.13. The number of carbonyl (C=O) groups is 3. The van der Waals surface area contributed by atoms with Crippen molar-refractivity contribution < 1.29 is 57.3 Å². The van der Waals surface area contributed by atoms with Gasteiger partial charge in [0.15, 0.2) is 15.3 Å². The van der Waals surface area contributed by atoms with Crippen LogP contribution in [0.25, 0.3) is 0 Å². The van der Waals surface area contributed by atoms with Crippen LogP contribution in [0.3, 0.4) is 0 Å². The Bertz CT molecular complexity index is 1150. The van der Waals surface area contributed by atoms with Gasteiger partial charge in [-0.15, -0.1) is 0 Å². The number of hydrogen-bond donors (Lipinski definition) is 4. The zero-order valence-corrected chi connectivity index (χ0v) is 28.4. The number of urea groups is 1. The first kappa shape index (κ1) is 39.5. The number of amides is 3. The summed E-state index contributed by atoms with van der Waals surface area (Å²) in [5.41, 5.74) is 6.77. The third-order valence-electron chi connectivity index (χ3n) is 7.56. The minimum Gasteiger partial charge on any atom is -0.494 e. The van der Waals surface area contributed by atoms with Gasteiger partial charge in [-0.2, -0.15) is 4.99 Å². The van der Waals surface area contributed by atoms with E-state index in [1.807, 2.05) is 6.92 Å². The average Bonchev–Trinajstić information content (AvgIpc) is 3.44. The molecule has 0 radical (unpaired) electrons. The number of aliphatic imine (C=N–C) groups is 1. The SMILES string of the molecule is CCOCCOCCOCCC(=O)CCCOc1ccc(COC(=O)NCCCC2CN([C@@H]3OCC(OPO)[C@@H]3O)C(=O)N=C2N)cc1. The molecule has 270 valence electrons. The summed E-state index contributed by atoms with van der Waals surface area (Å²) in [4.78, 5) is 50.8. The van der Waals surface area contributed by atoms with Crippen molar-refractivity contribution in [3.63, 3.8) is 0 Å². The minimum absolute atomic E-state index is 0.0335. The molecule has 3 unspecified atom stereocenters. The Kier molecular flexibility index (Phi) is 18.6. The molecule has 3 amide bonds. The topological polar surface area (TPSA) is 210 Å². The molecule has 0 spiro atoms.